The first kappa shape index (κ1) is 31.7. The van der Waals surface area contributed by atoms with E-state index in [0.717, 1.165) is 24.8 Å². The largest absolute Gasteiger partial charge is 0.508 e. The van der Waals surface area contributed by atoms with Crippen molar-refractivity contribution in [2.45, 2.75) is 97.4 Å². The van der Waals surface area contributed by atoms with Crippen LogP contribution in [0.2, 0.25) is 0 Å². The number of rotatable bonds is 13. The molecule has 0 aliphatic carbocycles. The molecule has 3 amide bonds. The van der Waals surface area contributed by atoms with Crippen molar-refractivity contribution in [2.75, 3.05) is 6.54 Å². The number of carbonyl (C=O) groups excluding carboxylic acids is 3. The maximum absolute atomic E-state index is 14.3. The maximum atomic E-state index is 14.3. The molecule has 2 aromatic rings. The van der Waals surface area contributed by atoms with E-state index >= 15 is 0 Å². The number of aromatic hydroxyl groups is 1. The van der Waals surface area contributed by atoms with Crippen molar-refractivity contribution in [3.8, 4) is 5.75 Å². The second-order valence-electron chi connectivity index (χ2n) is 10.9. The highest BCUT2D eigenvalue weighted by Gasteiger charge is 2.38. The molecule has 0 fully saturated rings. The maximum Gasteiger partial charge on any atom is 0.408 e. The molecule has 3 atom stereocenters. The first-order valence-electron chi connectivity index (χ1n) is 13.9. The number of unbranched alkanes of at least 4 members (excludes halogenated alkanes) is 2. The van der Waals surface area contributed by atoms with E-state index in [1.807, 2.05) is 44.2 Å². The molecule has 0 aliphatic rings. The van der Waals surface area contributed by atoms with Crippen LogP contribution in [0.25, 0.3) is 0 Å². The highest BCUT2D eigenvalue weighted by Crippen LogP contribution is 2.27. The molecule has 2 rings (SSSR count). The van der Waals surface area contributed by atoms with Crippen LogP contribution in [0, 0.1) is 0 Å². The number of phenolic OH excluding ortho intramolecular Hbond substituents is 1. The molecule has 214 valence electrons. The molecule has 3 unspecified atom stereocenters. The van der Waals surface area contributed by atoms with Crippen molar-refractivity contribution in [2.24, 2.45) is 0 Å². The van der Waals surface area contributed by atoms with Crippen molar-refractivity contribution in [3.05, 3.63) is 65.7 Å². The predicted octanol–water partition coefficient (Wildman–Crippen LogP) is 5.50. The van der Waals surface area contributed by atoms with E-state index in [4.69, 9.17) is 4.74 Å². The third kappa shape index (κ3) is 10.3. The summed E-state index contributed by atoms with van der Waals surface area (Å²) in [6.07, 6.45) is 2.93. The van der Waals surface area contributed by atoms with E-state index in [1.54, 1.807) is 37.8 Å². The molecule has 0 bridgehead atoms. The molecule has 0 heterocycles. The lowest BCUT2D eigenvalue weighted by Crippen LogP contribution is -2.56. The summed E-state index contributed by atoms with van der Waals surface area (Å²) >= 11 is 0. The second-order valence-corrected chi connectivity index (χ2v) is 10.9. The third-order valence-electron chi connectivity index (χ3n) is 6.41. The van der Waals surface area contributed by atoms with Gasteiger partial charge < -0.3 is 25.4 Å². The van der Waals surface area contributed by atoms with Crippen molar-refractivity contribution in [3.63, 3.8) is 0 Å². The van der Waals surface area contributed by atoms with Crippen LogP contribution in [-0.2, 0) is 20.7 Å². The van der Waals surface area contributed by atoms with E-state index in [2.05, 4.69) is 17.6 Å². The molecule has 0 saturated heterocycles. The Morgan fingerprint density at radius 2 is 1.62 bits per heavy atom. The number of amides is 3. The van der Waals surface area contributed by atoms with Crippen molar-refractivity contribution < 1.29 is 24.2 Å². The molecule has 8 heteroatoms. The molecule has 3 N–H and O–H groups in total. The first-order chi connectivity index (χ1) is 18.5. The topological polar surface area (TPSA) is 108 Å². The standard InChI is InChI=1S/C31H45N3O5/c1-7-9-13-20-32-28(36)27(24-14-11-10-12-15-24)34(22(3)8-2)29(37)26(33-30(38)39-31(4,5)6)21-23-16-18-25(35)19-17-23/h10-12,14-19,22,26-27,35H,7-9,13,20-21H2,1-6H3,(H,32,36)(H,33,38). The molecule has 0 saturated carbocycles. The van der Waals surface area contributed by atoms with E-state index in [-0.39, 0.29) is 30.0 Å². The van der Waals surface area contributed by atoms with Gasteiger partial charge in [-0.1, -0.05) is 69.2 Å². The Bertz CT molecular complexity index is 1050. The van der Waals surface area contributed by atoms with Crippen LogP contribution in [0.15, 0.2) is 54.6 Å². The Kier molecular flexibility index (Phi) is 12.3. The number of phenols is 1. The lowest BCUT2D eigenvalue weighted by atomic mass is 9.98. The highest BCUT2D eigenvalue weighted by molar-refractivity contribution is 5.92. The molecule has 0 aliphatic heterocycles. The van der Waals surface area contributed by atoms with E-state index in [0.29, 0.717) is 18.5 Å². The molecule has 0 spiro atoms. The average Bonchev–Trinajstić information content (AvgIpc) is 2.89. The Balaban J connectivity index is 2.50. The summed E-state index contributed by atoms with van der Waals surface area (Å²) in [6.45, 7) is 11.7. The minimum absolute atomic E-state index is 0.104. The fourth-order valence-electron chi connectivity index (χ4n) is 4.25. The van der Waals surface area contributed by atoms with Crippen molar-refractivity contribution in [1.29, 1.82) is 0 Å². The van der Waals surface area contributed by atoms with E-state index in [9.17, 15) is 19.5 Å². The fraction of sp³-hybridized carbons (Fsp3) is 0.516. The Morgan fingerprint density at radius 3 is 2.18 bits per heavy atom. The van der Waals surface area contributed by atoms with E-state index < -0.39 is 23.8 Å². The number of hydrogen-bond donors (Lipinski definition) is 3. The normalized spacial score (nSPS) is 13.6. The van der Waals surface area contributed by atoms with Gasteiger partial charge in [0.1, 0.15) is 23.4 Å². The van der Waals surface area contributed by atoms with E-state index in [1.165, 1.54) is 12.1 Å². The smallest absolute Gasteiger partial charge is 0.408 e. The number of carbonyl (C=O) groups is 3. The lowest BCUT2D eigenvalue weighted by Gasteiger charge is -2.38. The van der Waals surface area contributed by atoms with Gasteiger partial charge in [0.05, 0.1) is 0 Å². The van der Waals surface area contributed by atoms with Gasteiger partial charge in [0.2, 0.25) is 11.8 Å². The number of nitrogens with one attached hydrogen (secondary N) is 2. The fourth-order valence-corrected chi connectivity index (χ4v) is 4.25. The zero-order valence-electron chi connectivity index (χ0n) is 24.2. The number of benzene rings is 2. The zero-order chi connectivity index (χ0) is 29.0. The summed E-state index contributed by atoms with van der Waals surface area (Å²) in [6, 6.07) is 13.5. The summed E-state index contributed by atoms with van der Waals surface area (Å²) < 4.78 is 5.47. The lowest BCUT2D eigenvalue weighted by molar-refractivity contribution is -0.145. The first-order valence-corrected chi connectivity index (χ1v) is 13.9. The van der Waals surface area contributed by atoms with Crippen LogP contribution in [0.5, 0.6) is 5.75 Å². The number of ether oxygens (including phenoxy) is 1. The Morgan fingerprint density at radius 1 is 0.974 bits per heavy atom. The van der Waals surface area contributed by atoms with Gasteiger partial charge in [0, 0.05) is 19.0 Å². The van der Waals surface area contributed by atoms with Crippen molar-refractivity contribution in [1.82, 2.24) is 15.5 Å². The molecular formula is C31H45N3O5. The van der Waals surface area contributed by atoms with Gasteiger partial charge in [0.15, 0.2) is 0 Å². The third-order valence-corrected chi connectivity index (χ3v) is 6.41. The molecule has 2 aromatic carbocycles. The van der Waals surface area contributed by atoms with Gasteiger partial charge in [-0.2, -0.15) is 0 Å². The van der Waals surface area contributed by atoms with Gasteiger partial charge in [-0.05, 0) is 63.8 Å². The van der Waals surface area contributed by atoms with Crippen LogP contribution < -0.4 is 10.6 Å². The Labute approximate surface area is 233 Å². The highest BCUT2D eigenvalue weighted by atomic mass is 16.6. The predicted molar refractivity (Wildman–Crippen MR) is 153 cm³/mol. The van der Waals surface area contributed by atoms with Crippen LogP contribution in [0.4, 0.5) is 4.79 Å². The van der Waals surface area contributed by atoms with Gasteiger partial charge in [0.25, 0.3) is 0 Å². The monoisotopic (exact) mass is 539 g/mol. The Hall–Kier alpha value is -3.55. The van der Waals surface area contributed by atoms with Gasteiger partial charge >= 0.3 is 6.09 Å². The summed E-state index contributed by atoms with van der Waals surface area (Å²) in [5, 5.41) is 15.5. The van der Waals surface area contributed by atoms with Crippen molar-refractivity contribution >= 4 is 17.9 Å². The van der Waals surface area contributed by atoms with Crippen LogP contribution in [-0.4, -0.2) is 52.1 Å². The van der Waals surface area contributed by atoms with Gasteiger partial charge in [-0.25, -0.2) is 4.79 Å². The zero-order valence-corrected chi connectivity index (χ0v) is 24.2. The minimum Gasteiger partial charge on any atom is -0.508 e. The molecule has 0 aromatic heterocycles. The summed E-state index contributed by atoms with van der Waals surface area (Å²) in [5.41, 5.74) is 0.684. The number of nitrogens with zero attached hydrogens (tertiary/aromatic N) is 1. The van der Waals surface area contributed by atoms with Gasteiger partial charge in [-0.3, -0.25) is 9.59 Å². The van der Waals surface area contributed by atoms with Crippen LogP contribution >= 0.6 is 0 Å². The molecule has 0 radical (unpaired) electrons. The summed E-state index contributed by atoms with van der Waals surface area (Å²) in [7, 11) is 0. The molecule has 39 heavy (non-hydrogen) atoms. The minimum atomic E-state index is -1.00. The van der Waals surface area contributed by atoms with Crippen LogP contribution in [0.3, 0.4) is 0 Å². The van der Waals surface area contributed by atoms with Crippen LogP contribution in [0.1, 0.15) is 84.4 Å². The quantitative estimate of drug-likeness (QED) is 0.291. The summed E-state index contributed by atoms with van der Waals surface area (Å²) in [4.78, 5) is 42.4. The molecular weight excluding hydrogens is 494 g/mol. The van der Waals surface area contributed by atoms with Gasteiger partial charge in [-0.15, -0.1) is 0 Å². The molecule has 8 nitrogen and oxygen atoms in total. The second kappa shape index (κ2) is 15.1. The number of hydrogen-bond acceptors (Lipinski definition) is 5. The number of alkyl carbamates (subject to hydrolysis) is 1. The average molecular weight is 540 g/mol. The SMILES string of the molecule is CCCCCNC(=O)C(c1ccccc1)N(C(=O)C(Cc1ccc(O)cc1)NC(=O)OC(C)(C)C)C(C)CC. The summed E-state index contributed by atoms with van der Waals surface area (Å²) in [5.74, 6) is -0.542.